The minimum Gasteiger partial charge on any atom is -0.383 e. The van der Waals surface area contributed by atoms with Crippen LogP contribution >= 0.6 is 23.2 Å². The van der Waals surface area contributed by atoms with Crippen LogP contribution in [0.2, 0.25) is 10.0 Å². The molecule has 3 aromatic rings. The Morgan fingerprint density at radius 3 is 2.54 bits per heavy atom. The summed E-state index contributed by atoms with van der Waals surface area (Å²) in [5.41, 5.74) is 9.05. The molecule has 2 aromatic carbocycles. The van der Waals surface area contributed by atoms with Crippen LogP contribution < -0.4 is 16.4 Å². The van der Waals surface area contributed by atoms with Gasteiger partial charge in [0.2, 0.25) is 0 Å². The SMILES string of the molecule is Cc1cnc2c(NC(=O)c3c(Cl)cccc3Cl)cccc2c1NCCN. The lowest BCUT2D eigenvalue weighted by atomic mass is 10.1. The number of pyridine rings is 1. The summed E-state index contributed by atoms with van der Waals surface area (Å²) in [4.78, 5) is 17.2. The molecule has 7 heteroatoms. The maximum absolute atomic E-state index is 12.7. The first-order valence-electron chi connectivity index (χ1n) is 8.10. The standard InChI is InChI=1S/C19H18Cl2N4O/c1-11-10-24-18-12(17(11)23-9-8-22)4-2-7-15(18)25-19(26)16-13(20)5-3-6-14(16)21/h2-7,10H,8-9,22H2,1H3,(H,23,24)(H,25,26). The van der Waals surface area contributed by atoms with E-state index >= 15 is 0 Å². The van der Waals surface area contributed by atoms with Crippen LogP contribution in [-0.4, -0.2) is 24.0 Å². The summed E-state index contributed by atoms with van der Waals surface area (Å²) in [6.07, 6.45) is 1.76. The molecule has 0 radical (unpaired) electrons. The van der Waals surface area contributed by atoms with Crippen LogP contribution in [0, 0.1) is 6.92 Å². The lowest BCUT2D eigenvalue weighted by Crippen LogP contribution is -2.15. The number of nitrogens with two attached hydrogens (primary N) is 1. The largest absolute Gasteiger partial charge is 0.383 e. The van der Waals surface area contributed by atoms with Gasteiger partial charge in [0.1, 0.15) is 0 Å². The van der Waals surface area contributed by atoms with Crippen molar-refractivity contribution in [3.8, 4) is 0 Å². The Morgan fingerprint density at radius 1 is 1.15 bits per heavy atom. The van der Waals surface area contributed by atoms with Crippen LogP contribution in [0.3, 0.4) is 0 Å². The molecule has 0 fully saturated rings. The van der Waals surface area contributed by atoms with E-state index in [9.17, 15) is 4.79 Å². The molecule has 0 spiro atoms. The van der Waals surface area contributed by atoms with Crippen molar-refractivity contribution in [1.29, 1.82) is 0 Å². The number of halogens is 2. The van der Waals surface area contributed by atoms with Gasteiger partial charge in [-0.1, -0.05) is 41.4 Å². The van der Waals surface area contributed by atoms with Gasteiger partial charge in [-0.3, -0.25) is 9.78 Å². The van der Waals surface area contributed by atoms with Crippen molar-refractivity contribution in [3.05, 3.63) is 63.8 Å². The molecule has 0 unspecified atom stereocenters. The Hall–Kier alpha value is -2.34. The number of para-hydroxylation sites is 1. The number of rotatable bonds is 5. The number of hydrogen-bond acceptors (Lipinski definition) is 4. The molecule has 1 amide bonds. The number of carbonyl (C=O) groups excluding carboxylic acids is 1. The molecule has 0 bridgehead atoms. The van der Waals surface area contributed by atoms with Gasteiger partial charge in [0.05, 0.1) is 26.8 Å². The van der Waals surface area contributed by atoms with E-state index in [1.165, 1.54) is 0 Å². The molecule has 26 heavy (non-hydrogen) atoms. The van der Waals surface area contributed by atoms with E-state index < -0.39 is 0 Å². The van der Waals surface area contributed by atoms with Gasteiger partial charge in [-0.25, -0.2) is 0 Å². The predicted molar refractivity (Wildman–Crippen MR) is 108 cm³/mol. The highest BCUT2D eigenvalue weighted by atomic mass is 35.5. The molecule has 1 heterocycles. The number of nitrogens with zero attached hydrogens (tertiary/aromatic N) is 1. The monoisotopic (exact) mass is 388 g/mol. The summed E-state index contributed by atoms with van der Waals surface area (Å²) < 4.78 is 0. The zero-order valence-electron chi connectivity index (χ0n) is 14.1. The van der Waals surface area contributed by atoms with Gasteiger partial charge in [-0.2, -0.15) is 0 Å². The number of hydrogen-bond donors (Lipinski definition) is 3. The van der Waals surface area contributed by atoms with Gasteiger partial charge in [0.15, 0.2) is 0 Å². The zero-order valence-corrected chi connectivity index (χ0v) is 15.7. The molecular weight excluding hydrogens is 371 g/mol. The van der Waals surface area contributed by atoms with Crippen molar-refractivity contribution >= 4 is 51.4 Å². The number of nitrogens with one attached hydrogen (secondary N) is 2. The topological polar surface area (TPSA) is 80.0 Å². The molecular formula is C19H18Cl2N4O. The van der Waals surface area contributed by atoms with Crippen molar-refractivity contribution < 1.29 is 4.79 Å². The summed E-state index contributed by atoms with van der Waals surface area (Å²) in [5, 5.41) is 7.67. The molecule has 0 saturated carbocycles. The summed E-state index contributed by atoms with van der Waals surface area (Å²) in [5.74, 6) is -0.382. The van der Waals surface area contributed by atoms with Gasteiger partial charge >= 0.3 is 0 Å². The molecule has 0 atom stereocenters. The van der Waals surface area contributed by atoms with Crippen LogP contribution in [0.25, 0.3) is 10.9 Å². The molecule has 5 nitrogen and oxygen atoms in total. The third-order valence-electron chi connectivity index (χ3n) is 3.97. The first-order valence-corrected chi connectivity index (χ1v) is 8.86. The fourth-order valence-corrected chi connectivity index (χ4v) is 3.32. The lowest BCUT2D eigenvalue weighted by molar-refractivity contribution is 0.102. The van der Waals surface area contributed by atoms with Gasteiger partial charge in [-0.05, 0) is 30.7 Å². The van der Waals surface area contributed by atoms with E-state index in [1.54, 1.807) is 30.5 Å². The van der Waals surface area contributed by atoms with E-state index in [0.717, 1.165) is 16.6 Å². The van der Waals surface area contributed by atoms with Gasteiger partial charge < -0.3 is 16.4 Å². The number of anilines is 2. The summed E-state index contributed by atoms with van der Waals surface area (Å²) in [7, 11) is 0. The summed E-state index contributed by atoms with van der Waals surface area (Å²) in [6, 6.07) is 10.6. The predicted octanol–water partition coefficient (Wildman–Crippen LogP) is 4.47. The van der Waals surface area contributed by atoms with Crippen molar-refractivity contribution in [1.82, 2.24) is 4.98 Å². The van der Waals surface area contributed by atoms with Gasteiger partial charge in [0, 0.05) is 30.4 Å². The number of aromatic nitrogens is 1. The second kappa shape index (κ2) is 7.91. The Morgan fingerprint density at radius 2 is 1.85 bits per heavy atom. The number of aryl methyl sites for hydroxylation is 1. The first kappa shape index (κ1) is 18.5. The molecule has 0 saturated heterocycles. The average molecular weight is 389 g/mol. The molecule has 3 rings (SSSR count). The number of amides is 1. The van der Waals surface area contributed by atoms with Crippen molar-refractivity contribution in [2.24, 2.45) is 5.73 Å². The number of carbonyl (C=O) groups is 1. The summed E-state index contributed by atoms with van der Waals surface area (Å²) >= 11 is 12.3. The lowest BCUT2D eigenvalue weighted by Gasteiger charge is -2.15. The fourth-order valence-electron chi connectivity index (χ4n) is 2.75. The van der Waals surface area contributed by atoms with Crippen molar-refractivity contribution in [3.63, 3.8) is 0 Å². The molecule has 0 aliphatic rings. The highest BCUT2D eigenvalue weighted by molar-refractivity contribution is 6.40. The third kappa shape index (κ3) is 3.60. The summed E-state index contributed by atoms with van der Waals surface area (Å²) in [6.45, 7) is 3.14. The van der Waals surface area contributed by atoms with Crippen LogP contribution in [-0.2, 0) is 0 Å². The first-order chi connectivity index (χ1) is 12.5. The maximum Gasteiger partial charge on any atom is 0.258 e. The van der Waals surface area contributed by atoms with Gasteiger partial charge in [0.25, 0.3) is 5.91 Å². The van der Waals surface area contributed by atoms with E-state index in [-0.39, 0.29) is 11.5 Å². The average Bonchev–Trinajstić information content (AvgIpc) is 2.61. The van der Waals surface area contributed by atoms with Crippen molar-refractivity contribution in [2.75, 3.05) is 23.7 Å². The highest BCUT2D eigenvalue weighted by Crippen LogP contribution is 2.31. The normalized spacial score (nSPS) is 10.8. The van der Waals surface area contributed by atoms with E-state index in [2.05, 4.69) is 15.6 Å². The van der Waals surface area contributed by atoms with Crippen LogP contribution in [0.15, 0.2) is 42.6 Å². The quantitative estimate of drug-likeness (QED) is 0.602. The van der Waals surface area contributed by atoms with Crippen molar-refractivity contribution in [2.45, 2.75) is 6.92 Å². The molecule has 134 valence electrons. The van der Waals surface area contributed by atoms with Crippen LogP contribution in [0.1, 0.15) is 15.9 Å². The molecule has 4 N–H and O–H groups in total. The van der Waals surface area contributed by atoms with Crippen LogP contribution in [0.4, 0.5) is 11.4 Å². The zero-order chi connectivity index (χ0) is 18.7. The Kier molecular flexibility index (Phi) is 5.61. The van der Waals surface area contributed by atoms with E-state index in [4.69, 9.17) is 28.9 Å². The van der Waals surface area contributed by atoms with E-state index in [1.807, 2.05) is 19.1 Å². The number of fused-ring (bicyclic) bond motifs is 1. The Balaban J connectivity index is 2.02. The smallest absolute Gasteiger partial charge is 0.258 e. The van der Waals surface area contributed by atoms with Crippen LogP contribution in [0.5, 0.6) is 0 Å². The highest BCUT2D eigenvalue weighted by Gasteiger charge is 2.17. The minimum absolute atomic E-state index is 0.237. The van der Waals surface area contributed by atoms with E-state index in [0.29, 0.717) is 34.3 Å². The second-order valence-corrected chi connectivity index (χ2v) is 6.60. The number of benzene rings is 2. The maximum atomic E-state index is 12.7. The Labute approximate surface area is 161 Å². The fraction of sp³-hybridized carbons (Fsp3) is 0.158. The molecule has 0 aliphatic carbocycles. The third-order valence-corrected chi connectivity index (χ3v) is 4.60. The second-order valence-electron chi connectivity index (χ2n) is 5.78. The Bertz CT molecular complexity index is 955. The molecule has 0 aliphatic heterocycles. The molecule has 1 aromatic heterocycles. The minimum atomic E-state index is -0.382. The van der Waals surface area contributed by atoms with Gasteiger partial charge in [-0.15, -0.1) is 0 Å².